The van der Waals surface area contributed by atoms with Gasteiger partial charge in [-0.15, -0.1) is 0 Å². The predicted octanol–water partition coefficient (Wildman–Crippen LogP) is 1.66. The van der Waals surface area contributed by atoms with Crippen molar-refractivity contribution in [3.05, 3.63) is 11.8 Å². The van der Waals surface area contributed by atoms with Crippen molar-refractivity contribution in [2.75, 3.05) is 11.9 Å². The highest BCUT2D eigenvalue weighted by Gasteiger charge is 2.03. The van der Waals surface area contributed by atoms with Gasteiger partial charge in [0.2, 0.25) is 0 Å². The van der Waals surface area contributed by atoms with Crippen LogP contribution < -0.4 is 11.1 Å². The molecular weight excluding hydrogens is 188 g/mol. The molecule has 86 valence electrons. The summed E-state index contributed by atoms with van der Waals surface area (Å²) in [5.41, 5.74) is 6.97. The summed E-state index contributed by atoms with van der Waals surface area (Å²) in [4.78, 5) is 0. The minimum absolute atomic E-state index is 0.317. The van der Waals surface area contributed by atoms with Crippen LogP contribution in [0.1, 0.15) is 31.9 Å². The molecule has 1 aromatic heterocycles. The second-order valence-corrected chi connectivity index (χ2v) is 4.06. The van der Waals surface area contributed by atoms with Crippen LogP contribution in [0.25, 0.3) is 0 Å². The lowest BCUT2D eigenvalue weighted by Crippen LogP contribution is -2.23. The molecule has 0 spiro atoms. The molecule has 0 aliphatic heterocycles. The highest BCUT2D eigenvalue weighted by atomic mass is 15.3. The maximum atomic E-state index is 5.93. The number of nitrogens with two attached hydrogens (primary N) is 1. The molecule has 1 heterocycles. The summed E-state index contributed by atoms with van der Waals surface area (Å²) in [5, 5.41) is 7.61. The van der Waals surface area contributed by atoms with Crippen molar-refractivity contribution in [2.45, 2.75) is 39.2 Å². The Balaban J connectivity index is 2.28. The molecule has 0 saturated heterocycles. The van der Waals surface area contributed by atoms with Gasteiger partial charge in [0.25, 0.3) is 0 Å². The molecule has 1 rings (SSSR count). The van der Waals surface area contributed by atoms with E-state index in [9.17, 15) is 0 Å². The normalized spacial score (nSPS) is 12.8. The first-order chi connectivity index (χ1) is 7.13. The van der Waals surface area contributed by atoms with Crippen LogP contribution in [0.5, 0.6) is 0 Å². The van der Waals surface area contributed by atoms with Gasteiger partial charge in [0.15, 0.2) is 0 Å². The summed E-state index contributed by atoms with van der Waals surface area (Å²) in [5.74, 6) is 1.07. The molecule has 0 fully saturated rings. The Hall–Kier alpha value is -1.03. The first-order valence-electron chi connectivity index (χ1n) is 5.63. The molecule has 1 atom stereocenters. The van der Waals surface area contributed by atoms with Crippen molar-refractivity contribution < 1.29 is 0 Å². The van der Waals surface area contributed by atoms with Crippen LogP contribution in [0.2, 0.25) is 0 Å². The summed E-state index contributed by atoms with van der Waals surface area (Å²) in [6, 6.07) is 2.36. The smallest absolute Gasteiger partial charge is 0.124 e. The fourth-order valence-electron chi connectivity index (χ4n) is 1.68. The Morgan fingerprint density at radius 1 is 1.53 bits per heavy atom. The topological polar surface area (TPSA) is 55.9 Å². The minimum atomic E-state index is 0.317. The standard InChI is InChI=1S/C11H22N4/c1-4-5-10(12)6-7-13-11-8-9(2)14-15(11)3/h8,10,13H,4-7,12H2,1-3H3. The van der Waals surface area contributed by atoms with E-state index >= 15 is 0 Å². The van der Waals surface area contributed by atoms with Gasteiger partial charge < -0.3 is 11.1 Å². The van der Waals surface area contributed by atoms with Gasteiger partial charge >= 0.3 is 0 Å². The first-order valence-corrected chi connectivity index (χ1v) is 5.63. The van der Waals surface area contributed by atoms with Gasteiger partial charge in [-0.25, -0.2) is 0 Å². The van der Waals surface area contributed by atoms with Gasteiger partial charge in [-0.05, 0) is 19.8 Å². The maximum Gasteiger partial charge on any atom is 0.124 e. The lowest BCUT2D eigenvalue weighted by Gasteiger charge is -2.11. The van der Waals surface area contributed by atoms with E-state index in [1.54, 1.807) is 0 Å². The number of rotatable bonds is 6. The van der Waals surface area contributed by atoms with Crippen LogP contribution in [-0.4, -0.2) is 22.4 Å². The zero-order chi connectivity index (χ0) is 11.3. The van der Waals surface area contributed by atoms with Gasteiger partial charge in [-0.1, -0.05) is 13.3 Å². The van der Waals surface area contributed by atoms with Crippen molar-refractivity contribution in [2.24, 2.45) is 12.8 Å². The van der Waals surface area contributed by atoms with Crippen LogP contribution in [-0.2, 0) is 7.05 Å². The fourth-order valence-corrected chi connectivity index (χ4v) is 1.68. The average molecular weight is 210 g/mol. The predicted molar refractivity (Wildman–Crippen MR) is 63.9 cm³/mol. The monoisotopic (exact) mass is 210 g/mol. The minimum Gasteiger partial charge on any atom is -0.370 e. The summed E-state index contributed by atoms with van der Waals surface area (Å²) in [7, 11) is 1.95. The third-order valence-electron chi connectivity index (χ3n) is 2.48. The van der Waals surface area contributed by atoms with Crippen LogP contribution in [0.4, 0.5) is 5.82 Å². The Kier molecular flexibility index (Phi) is 4.62. The fraction of sp³-hybridized carbons (Fsp3) is 0.727. The molecule has 4 nitrogen and oxygen atoms in total. The van der Waals surface area contributed by atoms with Gasteiger partial charge in [-0.2, -0.15) is 5.10 Å². The van der Waals surface area contributed by atoms with Crippen LogP contribution in [0.3, 0.4) is 0 Å². The van der Waals surface area contributed by atoms with E-state index < -0.39 is 0 Å². The van der Waals surface area contributed by atoms with Crippen molar-refractivity contribution in [1.29, 1.82) is 0 Å². The SMILES string of the molecule is CCCC(N)CCNc1cc(C)nn1C. The van der Waals surface area contributed by atoms with Gasteiger partial charge in [0.05, 0.1) is 5.69 Å². The van der Waals surface area contributed by atoms with E-state index in [0.717, 1.165) is 37.3 Å². The van der Waals surface area contributed by atoms with E-state index in [1.807, 2.05) is 24.7 Å². The van der Waals surface area contributed by atoms with Gasteiger partial charge in [-0.3, -0.25) is 4.68 Å². The van der Waals surface area contributed by atoms with E-state index in [-0.39, 0.29) is 0 Å². The van der Waals surface area contributed by atoms with Gasteiger partial charge in [0.1, 0.15) is 5.82 Å². The number of anilines is 1. The molecule has 0 saturated carbocycles. The second-order valence-electron chi connectivity index (χ2n) is 4.06. The Bertz CT molecular complexity index is 293. The number of aryl methyl sites for hydroxylation is 2. The van der Waals surface area contributed by atoms with Crippen molar-refractivity contribution in [3.63, 3.8) is 0 Å². The number of hydrogen-bond donors (Lipinski definition) is 2. The van der Waals surface area contributed by atoms with Crippen molar-refractivity contribution in [1.82, 2.24) is 9.78 Å². The Morgan fingerprint density at radius 2 is 2.27 bits per heavy atom. The van der Waals surface area contributed by atoms with Crippen LogP contribution in [0.15, 0.2) is 6.07 Å². The number of aromatic nitrogens is 2. The molecule has 4 heteroatoms. The quantitative estimate of drug-likeness (QED) is 0.750. The number of hydrogen-bond acceptors (Lipinski definition) is 3. The van der Waals surface area contributed by atoms with E-state index in [0.29, 0.717) is 6.04 Å². The molecule has 1 unspecified atom stereocenters. The zero-order valence-corrected chi connectivity index (χ0v) is 9.95. The average Bonchev–Trinajstić information content (AvgIpc) is 2.46. The molecular formula is C11H22N4. The van der Waals surface area contributed by atoms with Crippen molar-refractivity contribution in [3.8, 4) is 0 Å². The highest BCUT2D eigenvalue weighted by molar-refractivity contribution is 5.36. The van der Waals surface area contributed by atoms with Crippen LogP contribution >= 0.6 is 0 Å². The molecule has 0 radical (unpaired) electrons. The Labute approximate surface area is 91.8 Å². The van der Waals surface area contributed by atoms with Gasteiger partial charge in [0, 0.05) is 25.7 Å². The lowest BCUT2D eigenvalue weighted by molar-refractivity contribution is 0.573. The summed E-state index contributed by atoms with van der Waals surface area (Å²) < 4.78 is 1.86. The summed E-state index contributed by atoms with van der Waals surface area (Å²) in [6.07, 6.45) is 3.27. The maximum absolute atomic E-state index is 5.93. The molecule has 0 aliphatic carbocycles. The summed E-state index contributed by atoms with van der Waals surface area (Å²) >= 11 is 0. The van der Waals surface area contributed by atoms with E-state index in [4.69, 9.17) is 5.73 Å². The molecule has 0 aromatic carbocycles. The third kappa shape index (κ3) is 3.91. The molecule has 15 heavy (non-hydrogen) atoms. The highest BCUT2D eigenvalue weighted by Crippen LogP contribution is 2.08. The van der Waals surface area contributed by atoms with Crippen LogP contribution in [0, 0.1) is 6.92 Å². The lowest BCUT2D eigenvalue weighted by atomic mass is 10.1. The largest absolute Gasteiger partial charge is 0.370 e. The zero-order valence-electron chi connectivity index (χ0n) is 9.95. The van der Waals surface area contributed by atoms with E-state index in [1.165, 1.54) is 0 Å². The van der Waals surface area contributed by atoms with E-state index in [2.05, 4.69) is 17.3 Å². The molecule has 1 aromatic rings. The number of nitrogens with zero attached hydrogens (tertiary/aromatic N) is 2. The molecule has 0 bridgehead atoms. The Morgan fingerprint density at radius 3 is 2.80 bits per heavy atom. The molecule has 3 N–H and O–H groups in total. The number of nitrogens with one attached hydrogen (secondary N) is 1. The first kappa shape index (κ1) is 12.0. The molecule has 0 aliphatic rings. The van der Waals surface area contributed by atoms with Crippen molar-refractivity contribution >= 4 is 5.82 Å². The second kappa shape index (κ2) is 5.75. The summed E-state index contributed by atoms with van der Waals surface area (Å²) in [6.45, 7) is 5.08. The molecule has 0 amide bonds. The third-order valence-corrected chi connectivity index (χ3v) is 2.48.